The standard InChI is InChI=1S/C12H7Cl2F2NO2S/c13-6-1-2-7(14)8(5-6)17-11(18)10-9(3-4-20-10)19-12(15)16/h1-5,12H,(H,17,18). The molecule has 8 heteroatoms. The Labute approximate surface area is 127 Å². The van der Waals surface area contributed by atoms with E-state index in [0.717, 1.165) is 11.3 Å². The molecule has 0 spiro atoms. The van der Waals surface area contributed by atoms with Gasteiger partial charge in [-0.2, -0.15) is 8.78 Å². The lowest BCUT2D eigenvalue weighted by Gasteiger charge is -2.08. The highest BCUT2D eigenvalue weighted by Gasteiger charge is 2.18. The first-order chi connectivity index (χ1) is 9.47. The first-order valence-electron chi connectivity index (χ1n) is 5.26. The first-order valence-corrected chi connectivity index (χ1v) is 6.89. The van der Waals surface area contributed by atoms with Gasteiger partial charge in [0.15, 0.2) is 0 Å². The van der Waals surface area contributed by atoms with E-state index in [2.05, 4.69) is 10.1 Å². The van der Waals surface area contributed by atoms with E-state index in [1.165, 1.54) is 23.6 Å². The van der Waals surface area contributed by atoms with Crippen LogP contribution in [-0.2, 0) is 0 Å². The molecule has 1 amide bonds. The zero-order valence-corrected chi connectivity index (χ0v) is 12.0. The maximum absolute atomic E-state index is 12.2. The summed E-state index contributed by atoms with van der Waals surface area (Å²) in [5, 5.41) is 4.65. The number of amides is 1. The van der Waals surface area contributed by atoms with Gasteiger partial charge in [-0.1, -0.05) is 23.2 Å². The van der Waals surface area contributed by atoms with Crippen molar-refractivity contribution in [1.82, 2.24) is 0 Å². The van der Waals surface area contributed by atoms with Gasteiger partial charge in [0.1, 0.15) is 10.6 Å². The van der Waals surface area contributed by atoms with Crippen LogP contribution in [0.1, 0.15) is 9.67 Å². The van der Waals surface area contributed by atoms with Crippen molar-refractivity contribution in [3.8, 4) is 5.75 Å². The summed E-state index contributed by atoms with van der Waals surface area (Å²) in [5.41, 5.74) is 0.292. The van der Waals surface area contributed by atoms with Crippen LogP contribution < -0.4 is 10.1 Å². The molecule has 0 radical (unpaired) electrons. The first kappa shape index (κ1) is 15.0. The van der Waals surface area contributed by atoms with Crippen molar-refractivity contribution in [1.29, 1.82) is 0 Å². The molecule has 0 bridgehead atoms. The minimum Gasteiger partial charge on any atom is -0.433 e. The number of halogens is 4. The maximum Gasteiger partial charge on any atom is 0.387 e. The Kier molecular flexibility index (Phi) is 4.80. The molecular formula is C12H7Cl2F2NO2S. The van der Waals surface area contributed by atoms with Gasteiger partial charge in [-0.05, 0) is 29.6 Å². The summed E-state index contributed by atoms with van der Waals surface area (Å²) in [6, 6.07) is 5.84. The van der Waals surface area contributed by atoms with Gasteiger partial charge in [0.25, 0.3) is 5.91 Å². The molecule has 2 rings (SSSR count). The van der Waals surface area contributed by atoms with Crippen molar-refractivity contribution in [3.63, 3.8) is 0 Å². The molecule has 0 fully saturated rings. The van der Waals surface area contributed by atoms with Crippen LogP contribution in [0.5, 0.6) is 5.75 Å². The highest BCUT2D eigenvalue weighted by Crippen LogP contribution is 2.30. The second-order valence-corrected chi connectivity index (χ2v) is 5.33. The number of rotatable bonds is 4. The number of carbonyl (C=O) groups excluding carboxylic acids is 1. The summed E-state index contributed by atoms with van der Waals surface area (Å²) >= 11 is 12.7. The molecule has 0 unspecified atom stereocenters. The van der Waals surface area contributed by atoms with E-state index in [9.17, 15) is 13.6 Å². The van der Waals surface area contributed by atoms with Crippen molar-refractivity contribution >= 4 is 46.1 Å². The minimum atomic E-state index is -2.99. The maximum atomic E-state index is 12.2. The molecule has 0 aliphatic heterocycles. The molecule has 1 heterocycles. The molecule has 1 N–H and O–H groups in total. The molecule has 1 aromatic heterocycles. The van der Waals surface area contributed by atoms with Gasteiger partial charge >= 0.3 is 6.61 Å². The van der Waals surface area contributed by atoms with Crippen molar-refractivity contribution < 1.29 is 18.3 Å². The van der Waals surface area contributed by atoms with Crippen LogP contribution in [0.3, 0.4) is 0 Å². The van der Waals surface area contributed by atoms with Gasteiger partial charge < -0.3 is 10.1 Å². The number of nitrogens with one attached hydrogen (secondary N) is 1. The zero-order chi connectivity index (χ0) is 14.7. The van der Waals surface area contributed by atoms with Gasteiger partial charge in [-0.15, -0.1) is 11.3 Å². The Bertz CT molecular complexity index is 634. The summed E-state index contributed by atoms with van der Waals surface area (Å²) in [5.74, 6) is -0.777. The van der Waals surface area contributed by atoms with Gasteiger partial charge in [0.2, 0.25) is 0 Å². The monoisotopic (exact) mass is 337 g/mol. The predicted molar refractivity (Wildman–Crippen MR) is 75.4 cm³/mol. The molecule has 0 atom stereocenters. The molecule has 0 saturated carbocycles. The second-order valence-electron chi connectivity index (χ2n) is 3.57. The van der Waals surface area contributed by atoms with Crippen LogP contribution in [0.25, 0.3) is 0 Å². The number of carbonyl (C=O) groups is 1. The van der Waals surface area contributed by atoms with Crippen LogP contribution in [0, 0.1) is 0 Å². The molecule has 20 heavy (non-hydrogen) atoms. The number of hydrogen-bond donors (Lipinski definition) is 1. The normalized spacial score (nSPS) is 10.7. The quantitative estimate of drug-likeness (QED) is 0.860. The lowest BCUT2D eigenvalue weighted by molar-refractivity contribution is -0.0498. The Morgan fingerprint density at radius 3 is 2.75 bits per heavy atom. The molecule has 0 saturated heterocycles. The van der Waals surface area contributed by atoms with E-state index in [1.807, 2.05) is 0 Å². The SMILES string of the molecule is O=C(Nc1cc(Cl)ccc1Cl)c1sccc1OC(F)F. The Hall–Kier alpha value is -1.37. The topological polar surface area (TPSA) is 38.3 Å². The average molecular weight is 338 g/mol. The summed E-state index contributed by atoms with van der Waals surface area (Å²) in [7, 11) is 0. The Morgan fingerprint density at radius 1 is 1.30 bits per heavy atom. The van der Waals surface area contributed by atoms with Crippen molar-refractivity contribution in [3.05, 3.63) is 44.6 Å². The van der Waals surface area contributed by atoms with Gasteiger partial charge in [-0.3, -0.25) is 4.79 Å². The number of ether oxygens (including phenoxy) is 1. The van der Waals surface area contributed by atoms with Crippen LogP contribution in [0.2, 0.25) is 10.0 Å². The van der Waals surface area contributed by atoms with Crippen LogP contribution in [0.4, 0.5) is 14.5 Å². The fourth-order valence-corrected chi connectivity index (χ4v) is 2.48. The number of hydrogen-bond acceptors (Lipinski definition) is 3. The van der Waals surface area contributed by atoms with Gasteiger partial charge in [0, 0.05) is 5.02 Å². The number of benzene rings is 1. The van der Waals surface area contributed by atoms with Gasteiger partial charge in [-0.25, -0.2) is 0 Å². The molecule has 3 nitrogen and oxygen atoms in total. The predicted octanol–water partition coefficient (Wildman–Crippen LogP) is 4.91. The third-order valence-corrected chi connectivity index (χ3v) is 3.69. The molecule has 0 aliphatic carbocycles. The summed E-state index contributed by atoms with van der Waals surface area (Å²) in [6.45, 7) is -2.99. The Balaban J connectivity index is 2.20. The fourth-order valence-electron chi connectivity index (χ4n) is 1.42. The van der Waals surface area contributed by atoms with Crippen LogP contribution in [-0.4, -0.2) is 12.5 Å². The van der Waals surface area contributed by atoms with E-state index < -0.39 is 12.5 Å². The van der Waals surface area contributed by atoms with Crippen LogP contribution >= 0.6 is 34.5 Å². The van der Waals surface area contributed by atoms with Crippen molar-refractivity contribution in [2.24, 2.45) is 0 Å². The lowest BCUT2D eigenvalue weighted by Crippen LogP contribution is -2.13. The number of thiophene rings is 1. The lowest BCUT2D eigenvalue weighted by atomic mass is 10.3. The number of alkyl halides is 2. The van der Waals surface area contributed by atoms with E-state index in [-0.39, 0.29) is 15.6 Å². The average Bonchev–Trinajstić information content (AvgIpc) is 2.81. The molecule has 1 aromatic carbocycles. The number of anilines is 1. The Morgan fingerprint density at radius 2 is 2.05 bits per heavy atom. The smallest absolute Gasteiger partial charge is 0.387 e. The van der Waals surface area contributed by atoms with Crippen LogP contribution in [0.15, 0.2) is 29.6 Å². The summed E-state index contributed by atoms with van der Waals surface area (Å²) < 4.78 is 28.7. The van der Waals surface area contributed by atoms with Crippen molar-refractivity contribution in [2.45, 2.75) is 6.61 Å². The van der Waals surface area contributed by atoms with E-state index in [1.54, 1.807) is 6.07 Å². The highest BCUT2D eigenvalue weighted by molar-refractivity contribution is 7.12. The second kappa shape index (κ2) is 6.39. The third kappa shape index (κ3) is 3.59. The van der Waals surface area contributed by atoms with Crippen molar-refractivity contribution in [2.75, 3.05) is 5.32 Å². The highest BCUT2D eigenvalue weighted by atomic mass is 35.5. The molecular weight excluding hydrogens is 331 g/mol. The third-order valence-electron chi connectivity index (χ3n) is 2.23. The molecule has 2 aromatic rings. The molecule has 106 valence electrons. The fraction of sp³-hybridized carbons (Fsp3) is 0.0833. The molecule has 0 aliphatic rings. The van der Waals surface area contributed by atoms with E-state index >= 15 is 0 Å². The van der Waals surface area contributed by atoms with E-state index in [0.29, 0.717) is 10.7 Å². The summed E-state index contributed by atoms with van der Waals surface area (Å²) in [6.07, 6.45) is 0. The van der Waals surface area contributed by atoms with Gasteiger partial charge in [0.05, 0.1) is 10.7 Å². The summed E-state index contributed by atoms with van der Waals surface area (Å²) in [4.78, 5) is 12.0. The minimum absolute atomic E-state index is 0.0290. The van der Waals surface area contributed by atoms with E-state index in [4.69, 9.17) is 23.2 Å². The zero-order valence-electron chi connectivity index (χ0n) is 9.70. The largest absolute Gasteiger partial charge is 0.433 e.